The minimum absolute atomic E-state index is 0.0225. The highest BCUT2D eigenvalue weighted by molar-refractivity contribution is 5.74. The predicted octanol–water partition coefficient (Wildman–Crippen LogP) is 3.70. The van der Waals surface area contributed by atoms with E-state index >= 15 is 0 Å². The lowest BCUT2D eigenvalue weighted by Crippen LogP contribution is -2.41. The Labute approximate surface area is 149 Å². The van der Waals surface area contributed by atoms with E-state index in [2.05, 4.69) is 19.9 Å². The lowest BCUT2D eigenvalue weighted by molar-refractivity contribution is -0.147. The quantitative estimate of drug-likeness (QED) is 0.671. The highest BCUT2D eigenvalue weighted by Gasteiger charge is 2.44. The minimum Gasteiger partial charge on any atom is -0.497 e. The molecule has 4 nitrogen and oxygen atoms in total. The van der Waals surface area contributed by atoms with Gasteiger partial charge in [0.1, 0.15) is 5.75 Å². The molecule has 0 aromatic heterocycles. The zero-order valence-electron chi connectivity index (χ0n) is 15.5. The van der Waals surface area contributed by atoms with Crippen LogP contribution in [-0.4, -0.2) is 31.4 Å². The number of rotatable bonds is 3. The van der Waals surface area contributed by atoms with Gasteiger partial charge in [0.05, 0.1) is 26.2 Å². The van der Waals surface area contributed by atoms with Crippen LogP contribution < -0.4 is 4.74 Å². The fourth-order valence-corrected chi connectivity index (χ4v) is 4.52. The maximum absolute atomic E-state index is 12.4. The van der Waals surface area contributed by atoms with E-state index in [1.165, 1.54) is 12.7 Å². The molecule has 0 aliphatic heterocycles. The maximum atomic E-state index is 12.4. The molecule has 0 heterocycles. The number of carbonyl (C=O) groups is 1. The van der Waals surface area contributed by atoms with Crippen LogP contribution in [-0.2, 0) is 9.53 Å². The second-order valence-electron chi connectivity index (χ2n) is 8.12. The Hall–Kier alpha value is -1.81. The predicted molar refractivity (Wildman–Crippen MR) is 96.5 cm³/mol. The molecule has 0 radical (unpaired) electrons. The van der Waals surface area contributed by atoms with Crippen LogP contribution in [0.1, 0.15) is 44.6 Å². The van der Waals surface area contributed by atoms with Crippen molar-refractivity contribution < 1.29 is 19.4 Å². The van der Waals surface area contributed by atoms with Crippen molar-refractivity contribution in [2.75, 3.05) is 14.2 Å². The molecular weight excluding hydrogens is 316 g/mol. The molecule has 136 valence electrons. The highest BCUT2D eigenvalue weighted by Crippen LogP contribution is 2.50. The van der Waals surface area contributed by atoms with Crippen LogP contribution in [0.2, 0.25) is 0 Å². The number of aliphatic hydroxyl groups excluding tert-OH is 1. The van der Waals surface area contributed by atoms with Gasteiger partial charge in [0.2, 0.25) is 0 Å². The summed E-state index contributed by atoms with van der Waals surface area (Å²) in [5, 5.41) is 10.6. The van der Waals surface area contributed by atoms with Gasteiger partial charge in [-0.05, 0) is 42.4 Å². The van der Waals surface area contributed by atoms with Gasteiger partial charge in [-0.25, -0.2) is 0 Å². The Morgan fingerprint density at radius 2 is 1.88 bits per heavy atom. The van der Waals surface area contributed by atoms with Crippen LogP contribution in [0.5, 0.6) is 5.75 Å². The summed E-state index contributed by atoms with van der Waals surface area (Å²) in [5.41, 5.74) is 2.45. The number of methoxy groups -OCH3 is 2. The first-order valence-electron chi connectivity index (χ1n) is 8.95. The molecule has 2 aliphatic rings. The molecule has 4 heteroatoms. The molecule has 0 unspecified atom stereocenters. The van der Waals surface area contributed by atoms with E-state index in [0.29, 0.717) is 6.42 Å². The minimum atomic E-state index is -0.390. The number of hydrogen-bond acceptors (Lipinski definition) is 4. The number of aliphatic hydroxyl groups is 1. The third-order valence-corrected chi connectivity index (χ3v) is 5.72. The first-order valence-corrected chi connectivity index (χ1v) is 8.95. The molecule has 0 spiro atoms. The summed E-state index contributed by atoms with van der Waals surface area (Å²) in [5.74, 6) is 0.377. The van der Waals surface area contributed by atoms with Gasteiger partial charge in [0, 0.05) is 11.8 Å². The molecule has 1 N–H and O–H groups in total. The van der Waals surface area contributed by atoms with Gasteiger partial charge in [-0.1, -0.05) is 37.6 Å². The number of allylic oxidation sites excluding steroid dienone is 1. The number of esters is 1. The maximum Gasteiger partial charge on any atom is 0.309 e. The average molecular weight is 344 g/mol. The van der Waals surface area contributed by atoms with Gasteiger partial charge >= 0.3 is 5.97 Å². The van der Waals surface area contributed by atoms with E-state index in [4.69, 9.17) is 9.47 Å². The Morgan fingerprint density at radius 3 is 2.48 bits per heavy atom. The Morgan fingerprint density at radius 1 is 1.20 bits per heavy atom. The first-order chi connectivity index (χ1) is 11.8. The van der Waals surface area contributed by atoms with Gasteiger partial charge in [-0.2, -0.15) is 0 Å². The first kappa shape index (κ1) is 18.0. The fourth-order valence-electron chi connectivity index (χ4n) is 4.52. The van der Waals surface area contributed by atoms with Crippen molar-refractivity contribution in [3.63, 3.8) is 0 Å². The molecule has 1 saturated carbocycles. The summed E-state index contributed by atoms with van der Waals surface area (Å²) in [7, 11) is 3.08. The Balaban J connectivity index is 1.99. The van der Waals surface area contributed by atoms with Crippen LogP contribution in [0.4, 0.5) is 0 Å². The molecule has 0 amide bonds. The van der Waals surface area contributed by atoms with Gasteiger partial charge in [0.25, 0.3) is 0 Å². The van der Waals surface area contributed by atoms with Gasteiger partial charge < -0.3 is 14.6 Å². The summed E-state index contributed by atoms with van der Waals surface area (Å²) in [6.45, 7) is 4.39. The van der Waals surface area contributed by atoms with Crippen LogP contribution in [0.25, 0.3) is 0 Å². The summed E-state index contributed by atoms with van der Waals surface area (Å²) < 4.78 is 10.3. The largest absolute Gasteiger partial charge is 0.497 e. The average Bonchev–Trinajstić information content (AvgIpc) is 2.59. The lowest BCUT2D eigenvalue weighted by Gasteiger charge is -2.45. The van der Waals surface area contributed by atoms with Crippen molar-refractivity contribution in [2.45, 2.75) is 45.1 Å². The molecule has 25 heavy (non-hydrogen) atoms. The normalized spacial score (nSPS) is 30.8. The molecule has 4 atom stereocenters. The van der Waals surface area contributed by atoms with Crippen LogP contribution in [0.3, 0.4) is 0 Å². The molecule has 1 aromatic rings. The molecule has 0 bridgehead atoms. The summed E-state index contributed by atoms with van der Waals surface area (Å²) in [4.78, 5) is 12.4. The number of carbonyl (C=O) groups excluding carboxylic acids is 1. The summed E-state index contributed by atoms with van der Waals surface area (Å²) in [6.07, 6.45) is 4.21. The van der Waals surface area contributed by atoms with E-state index in [1.807, 2.05) is 24.3 Å². The van der Waals surface area contributed by atoms with Gasteiger partial charge in [0.15, 0.2) is 0 Å². The standard InChI is InChI=1S/C21H28O4/c1-21(2)11-14-9-16(13-5-7-15(24-3)8-6-13)18(20(23)25-4)10-17(14)19(22)12-21/h5-9,16-19,22H,10-12H2,1-4H3/t16-,17+,18-,19-/m0/s1. The number of hydrogen-bond donors (Lipinski definition) is 1. The molecule has 1 aromatic carbocycles. The third-order valence-electron chi connectivity index (χ3n) is 5.72. The second kappa shape index (κ2) is 6.83. The third kappa shape index (κ3) is 3.59. The van der Waals surface area contributed by atoms with E-state index in [0.717, 1.165) is 24.2 Å². The fraction of sp³-hybridized carbons (Fsp3) is 0.571. The Bertz CT molecular complexity index is 659. The second-order valence-corrected chi connectivity index (χ2v) is 8.12. The zero-order chi connectivity index (χ0) is 18.2. The van der Waals surface area contributed by atoms with Crippen molar-refractivity contribution in [1.29, 1.82) is 0 Å². The number of benzene rings is 1. The lowest BCUT2D eigenvalue weighted by atomic mass is 9.61. The van der Waals surface area contributed by atoms with Gasteiger partial charge in [-0.15, -0.1) is 0 Å². The highest BCUT2D eigenvalue weighted by atomic mass is 16.5. The van der Waals surface area contributed by atoms with Gasteiger partial charge in [-0.3, -0.25) is 4.79 Å². The summed E-state index contributed by atoms with van der Waals surface area (Å²) in [6, 6.07) is 7.88. The van der Waals surface area contributed by atoms with E-state index in [9.17, 15) is 9.90 Å². The van der Waals surface area contributed by atoms with E-state index in [-0.39, 0.29) is 35.2 Å². The van der Waals surface area contributed by atoms with Crippen molar-refractivity contribution >= 4 is 5.97 Å². The molecule has 2 aliphatic carbocycles. The molecular formula is C21H28O4. The smallest absolute Gasteiger partial charge is 0.309 e. The van der Waals surface area contributed by atoms with Crippen molar-refractivity contribution in [3.05, 3.63) is 41.5 Å². The SMILES string of the molecule is COC(=O)[C@H]1C[C@@H]2C(=C[C@H]1c1ccc(OC)cc1)CC(C)(C)C[C@@H]2O. The summed E-state index contributed by atoms with van der Waals surface area (Å²) >= 11 is 0. The van der Waals surface area contributed by atoms with Crippen LogP contribution >= 0.6 is 0 Å². The number of fused-ring (bicyclic) bond motifs is 1. The monoisotopic (exact) mass is 344 g/mol. The Kier molecular flexibility index (Phi) is 4.92. The van der Waals surface area contributed by atoms with Crippen molar-refractivity contribution in [1.82, 2.24) is 0 Å². The van der Waals surface area contributed by atoms with Crippen molar-refractivity contribution in [2.24, 2.45) is 17.3 Å². The van der Waals surface area contributed by atoms with Crippen LogP contribution in [0.15, 0.2) is 35.9 Å². The molecule has 3 rings (SSSR count). The van der Waals surface area contributed by atoms with E-state index in [1.54, 1.807) is 7.11 Å². The van der Waals surface area contributed by atoms with Crippen LogP contribution in [0, 0.1) is 17.3 Å². The zero-order valence-corrected chi connectivity index (χ0v) is 15.5. The topological polar surface area (TPSA) is 55.8 Å². The molecule has 1 fully saturated rings. The van der Waals surface area contributed by atoms with E-state index < -0.39 is 0 Å². The number of ether oxygens (including phenoxy) is 2. The van der Waals surface area contributed by atoms with Crippen molar-refractivity contribution in [3.8, 4) is 5.75 Å². The molecule has 0 saturated heterocycles.